The number of nitro groups is 1. The number of allylic oxidation sites excluding steroid dienone is 2. The van der Waals surface area contributed by atoms with Crippen LogP contribution in [0.4, 0.5) is 0 Å². The van der Waals surface area contributed by atoms with Gasteiger partial charge in [0.25, 0.3) is 5.70 Å². The Hall–Kier alpha value is -0.880. The highest BCUT2D eigenvalue weighted by Gasteiger charge is 2.23. The zero-order valence-corrected chi connectivity index (χ0v) is 8.87. The number of rotatable bonds is 2. The van der Waals surface area contributed by atoms with E-state index in [9.17, 15) is 10.1 Å². The molecule has 1 heterocycles. The third kappa shape index (κ3) is 2.07. The van der Waals surface area contributed by atoms with Crippen LogP contribution in [-0.4, -0.2) is 23.6 Å². The lowest BCUT2D eigenvalue weighted by atomic mass is 10.2. The molecule has 0 bridgehead atoms. The number of halogens is 1. The van der Waals surface area contributed by atoms with Crippen molar-refractivity contribution in [3.05, 3.63) is 32.1 Å². The lowest BCUT2D eigenvalue weighted by Gasteiger charge is -2.24. The highest BCUT2D eigenvalue weighted by Crippen LogP contribution is 2.24. The van der Waals surface area contributed by atoms with Crippen molar-refractivity contribution < 1.29 is 9.76 Å². The van der Waals surface area contributed by atoms with Gasteiger partial charge in [0.15, 0.2) is 0 Å². The second-order valence-electron chi connectivity index (χ2n) is 2.55. The first-order valence-electron chi connectivity index (χ1n) is 3.59. The molecule has 0 radical (unpaired) electrons. The topological polar surface area (TPSA) is 55.6 Å². The van der Waals surface area contributed by atoms with E-state index in [4.69, 9.17) is 4.84 Å². The Morgan fingerprint density at radius 1 is 1.77 bits per heavy atom. The molecule has 1 rings (SSSR count). The highest BCUT2D eigenvalue weighted by atomic mass is 79.9. The van der Waals surface area contributed by atoms with Crippen molar-refractivity contribution in [1.82, 2.24) is 5.06 Å². The van der Waals surface area contributed by atoms with Gasteiger partial charge in [-0.05, 0) is 22.9 Å². The summed E-state index contributed by atoms with van der Waals surface area (Å²) in [6.07, 6.45) is 1.47. The predicted molar refractivity (Wildman–Crippen MR) is 50.4 cm³/mol. The van der Waals surface area contributed by atoms with Gasteiger partial charge in [-0.15, -0.1) is 0 Å². The van der Waals surface area contributed by atoms with Crippen LogP contribution in [0.2, 0.25) is 0 Å². The SMILES string of the molecule is CON1CC(Br)=C([N+](=O)[O-])C=C1C. The Bertz CT molecular complexity index is 298. The van der Waals surface area contributed by atoms with E-state index >= 15 is 0 Å². The average Bonchev–Trinajstić information content (AvgIpc) is 2.07. The Morgan fingerprint density at radius 2 is 2.38 bits per heavy atom. The molecular formula is C7H9BrN2O3. The van der Waals surface area contributed by atoms with E-state index in [1.165, 1.54) is 13.2 Å². The van der Waals surface area contributed by atoms with Crippen LogP contribution in [0, 0.1) is 10.1 Å². The zero-order valence-electron chi connectivity index (χ0n) is 7.28. The van der Waals surface area contributed by atoms with Crippen LogP contribution >= 0.6 is 15.9 Å². The predicted octanol–water partition coefficient (Wildman–Crippen LogP) is 1.65. The zero-order chi connectivity index (χ0) is 10.0. The van der Waals surface area contributed by atoms with Crippen molar-refractivity contribution in [3.63, 3.8) is 0 Å². The van der Waals surface area contributed by atoms with Crippen molar-refractivity contribution in [2.45, 2.75) is 6.92 Å². The monoisotopic (exact) mass is 248 g/mol. The molecule has 72 valence electrons. The van der Waals surface area contributed by atoms with Crippen LogP contribution in [0.15, 0.2) is 22.0 Å². The summed E-state index contributed by atoms with van der Waals surface area (Å²) in [5.41, 5.74) is 0.809. The second kappa shape index (κ2) is 3.89. The molecular weight excluding hydrogens is 240 g/mol. The second-order valence-corrected chi connectivity index (χ2v) is 3.51. The lowest BCUT2D eigenvalue weighted by molar-refractivity contribution is -0.420. The largest absolute Gasteiger partial charge is 0.283 e. The standard InChI is InChI=1S/C7H9BrN2O3/c1-5-3-7(10(11)12)6(8)4-9(5)13-2/h3H,4H2,1-2H3. The van der Waals surface area contributed by atoms with Gasteiger partial charge in [0.2, 0.25) is 0 Å². The van der Waals surface area contributed by atoms with E-state index in [2.05, 4.69) is 15.9 Å². The van der Waals surface area contributed by atoms with Crippen molar-refractivity contribution in [1.29, 1.82) is 0 Å². The molecule has 0 unspecified atom stereocenters. The van der Waals surface area contributed by atoms with Crippen LogP contribution < -0.4 is 0 Å². The Morgan fingerprint density at radius 3 is 2.85 bits per heavy atom. The van der Waals surface area contributed by atoms with Gasteiger partial charge in [0, 0.05) is 11.8 Å². The van der Waals surface area contributed by atoms with E-state index < -0.39 is 4.92 Å². The summed E-state index contributed by atoms with van der Waals surface area (Å²) in [6, 6.07) is 0. The van der Waals surface area contributed by atoms with Crippen molar-refractivity contribution in [2.75, 3.05) is 13.7 Å². The lowest BCUT2D eigenvalue weighted by Crippen LogP contribution is -2.26. The average molecular weight is 249 g/mol. The fourth-order valence-electron chi connectivity index (χ4n) is 1.04. The van der Waals surface area contributed by atoms with Crippen LogP contribution in [-0.2, 0) is 4.84 Å². The molecule has 0 aliphatic carbocycles. The first-order valence-corrected chi connectivity index (χ1v) is 4.38. The molecule has 0 atom stereocenters. The molecule has 0 saturated carbocycles. The minimum atomic E-state index is -0.416. The van der Waals surface area contributed by atoms with Crippen molar-refractivity contribution in [3.8, 4) is 0 Å². The fourth-order valence-corrected chi connectivity index (χ4v) is 1.53. The summed E-state index contributed by atoms with van der Waals surface area (Å²) in [5, 5.41) is 12.1. The normalized spacial score (nSPS) is 17.5. The summed E-state index contributed by atoms with van der Waals surface area (Å²) in [7, 11) is 1.52. The molecule has 0 spiro atoms. The molecule has 1 aliphatic heterocycles. The van der Waals surface area contributed by atoms with E-state index in [0.29, 0.717) is 11.0 Å². The number of hydrogen-bond acceptors (Lipinski definition) is 4. The van der Waals surface area contributed by atoms with Crippen LogP contribution in [0.5, 0.6) is 0 Å². The summed E-state index contributed by atoms with van der Waals surface area (Å²) in [5.74, 6) is 0. The van der Waals surface area contributed by atoms with Gasteiger partial charge in [-0.25, -0.2) is 0 Å². The van der Waals surface area contributed by atoms with Gasteiger partial charge < -0.3 is 0 Å². The Kier molecular flexibility index (Phi) is 3.05. The van der Waals surface area contributed by atoms with Crippen molar-refractivity contribution >= 4 is 15.9 Å². The number of hydrogen-bond donors (Lipinski definition) is 0. The third-order valence-electron chi connectivity index (χ3n) is 1.72. The van der Waals surface area contributed by atoms with E-state index in [-0.39, 0.29) is 5.70 Å². The molecule has 0 aromatic rings. The number of nitrogens with zero attached hydrogens (tertiary/aromatic N) is 2. The number of hydroxylamine groups is 2. The highest BCUT2D eigenvalue weighted by molar-refractivity contribution is 9.11. The van der Waals surface area contributed by atoms with Crippen LogP contribution in [0.1, 0.15) is 6.92 Å². The summed E-state index contributed by atoms with van der Waals surface area (Å²) in [4.78, 5) is 15.1. The first-order chi connectivity index (χ1) is 6.06. The van der Waals surface area contributed by atoms with Gasteiger partial charge in [0.05, 0.1) is 23.1 Å². The maximum absolute atomic E-state index is 10.5. The molecule has 0 fully saturated rings. The van der Waals surface area contributed by atoms with Gasteiger partial charge >= 0.3 is 0 Å². The van der Waals surface area contributed by atoms with Gasteiger partial charge in [0.1, 0.15) is 0 Å². The maximum atomic E-state index is 10.5. The Balaban J connectivity index is 2.96. The smallest absolute Gasteiger partial charge is 0.277 e. The molecule has 0 aromatic heterocycles. The van der Waals surface area contributed by atoms with Crippen LogP contribution in [0.3, 0.4) is 0 Å². The molecule has 5 nitrogen and oxygen atoms in total. The van der Waals surface area contributed by atoms with E-state index in [1.807, 2.05) is 0 Å². The van der Waals surface area contributed by atoms with Gasteiger partial charge in [-0.3, -0.25) is 20.0 Å². The minimum absolute atomic E-state index is 0.0887. The van der Waals surface area contributed by atoms with Crippen molar-refractivity contribution in [2.24, 2.45) is 0 Å². The third-order valence-corrected chi connectivity index (χ3v) is 2.37. The summed E-state index contributed by atoms with van der Waals surface area (Å²) < 4.78 is 0.518. The van der Waals surface area contributed by atoms with Gasteiger partial charge in [-0.1, -0.05) is 0 Å². The molecule has 0 amide bonds. The molecule has 1 aliphatic rings. The molecule has 13 heavy (non-hydrogen) atoms. The fraction of sp³-hybridized carbons (Fsp3) is 0.429. The van der Waals surface area contributed by atoms with E-state index in [0.717, 1.165) is 5.70 Å². The molecule has 0 saturated heterocycles. The van der Waals surface area contributed by atoms with Crippen LogP contribution in [0.25, 0.3) is 0 Å². The van der Waals surface area contributed by atoms with E-state index in [1.54, 1.807) is 12.0 Å². The summed E-state index contributed by atoms with van der Waals surface area (Å²) in [6.45, 7) is 2.13. The minimum Gasteiger partial charge on any atom is -0.277 e. The quantitative estimate of drug-likeness (QED) is 0.551. The van der Waals surface area contributed by atoms with Gasteiger partial charge in [-0.2, -0.15) is 0 Å². The first kappa shape index (κ1) is 10.2. The molecule has 0 aromatic carbocycles. The molecule has 6 heteroatoms. The maximum Gasteiger partial charge on any atom is 0.283 e. The summed E-state index contributed by atoms with van der Waals surface area (Å²) >= 11 is 3.14. The molecule has 0 N–H and O–H groups in total. The Labute approximate surface area is 83.9 Å².